The van der Waals surface area contributed by atoms with Crippen LogP contribution in [0.4, 0.5) is 5.69 Å². The summed E-state index contributed by atoms with van der Waals surface area (Å²) in [5, 5.41) is 3.17. The summed E-state index contributed by atoms with van der Waals surface area (Å²) in [6, 6.07) is 7.22. The predicted octanol–water partition coefficient (Wildman–Crippen LogP) is 4.97. The fourth-order valence-corrected chi connectivity index (χ4v) is 3.35. The first-order valence-corrected chi connectivity index (χ1v) is 7.94. The molecule has 0 bridgehead atoms. The van der Waals surface area contributed by atoms with Gasteiger partial charge in [0.2, 0.25) is 0 Å². The number of carbonyl (C=O) groups is 1. The zero-order valence-corrected chi connectivity index (χ0v) is 15.1. The molecule has 0 fully saturated rings. The average molecular weight is 468 g/mol. The second-order valence-corrected chi connectivity index (χ2v) is 6.41. The molecule has 4 nitrogen and oxygen atoms in total. The molecule has 0 saturated heterocycles. The van der Waals surface area contributed by atoms with Crippen LogP contribution < -0.4 is 5.32 Å². The van der Waals surface area contributed by atoms with Gasteiger partial charge in [0.1, 0.15) is 5.76 Å². The molecule has 0 aliphatic carbocycles. The van der Waals surface area contributed by atoms with E-state index in [1.54, 1.807) is 6.07 Å². The van der Waals surface area contributed by atoms with Crippen LogP contribution in [0.25, 0.3) is 0 Å². The maximum atomic E-state index is 11.8. The highest BCUT2D eigenvalue weighted by Crippen LogP contribution is 2.32. The second kappa shape index (κ2) is 6.78. The van der Waals surface area contributed by atoms with E-state index in [9.17, 15) is 4.79 Å². The first kappa shape index (κ1) is 15.6. The summed E-state index contributed by atoms with van der Waals surface area (Å²) < 4.78 is 12.4. The van der Waals surface area contributed by atoms with E-state index < -0.39 is 5.97 Å². The van der Waals surface area contributed by atoms with Crippen LogP contribution in [0.15, 0.2) is 42.3 Å². The molecular formula is C13H10Br3NO3. The third-order valence-corrected chi connectivity index (χ3v) is 4.04. The number of methoxy groups -OCH3 is 1. The van der Waals surface area contributed by atoms with Gasteiger partial charge in [0.25, 0.3) is 0 Å². The van der Waals surface area contributed by atoms with Crippen molar-refractivity contribution in [1.29, 1.82) is 0 Å². The number of esters is 1. The summed E-state index contributed by atoms with van der Waals surface area (Å²) in [4.78, 5) is 11.8. The Balaban J connectivity index is 2.27. The second-order valence-electron chi connectivity index (χ2n) is 3.86. The largest absolute Gasteiger partial charge is 0.465 e. The normalized spacial score (nSPS) is 10.4. The molecular weight excluding hydrogens is 458 g/mol. The smallest absolute Gasteiger partial charge is 0.340 e. The molecule has 1 aromatic carbocycles. The highest BCUT2D eigenvalue weighted by Gasteiger charge is 2.16. The molecule has 20 heavy (non-hydrogen) atoms. The van der Waals surface area contributed by atoms with Crippen LogP contribution in [-0.2, 0) is 11.3 Å². The molecule has 0 aliphatic heterocycles. The number of hydrogen-bond acceptors (Lipinski definition) is 4. The first-order chi connectivity index (χ1) is 9.51. The monoisotopic (exact) mass is 465 g/mol. The maximum absolute atomic E-state index is 11.8. The molecule has 0 amide bonds. The molecule has 2 rings (SSSR count). The van der Waals surface area contributed by atoms with Crippen molar-refractivity contribution in [2.45, 2.75) is 6.54 Å². The summed E-state index contributed by atoms with van der Waals surface area (Å²) in [6.45, 7) is 0.454. The maximum Gasteiger partial charge on any atom is 0.340 e. The molecule has 2 aromatic rings. The van der Waals surface area contributed by atoms with Crippen LogP contribution in [0.5, 0.6) is 0 Å². The minimum Gasteiger partial charge on any atom is -0.465 e. The van der Waals surface area contributed by atoms with Gasteiger partial charge in [-0.1, -0.05) is 15.9 Å². The Morgan fingerprint density at radius 3 is 2.65 bits per heavy atom. The lowest BCUT2D eigenvalue weighted by molar-refractivity contribution is 0.0601. The molecule has 1 N–H and O–H groups in total. The van der Waals surface area contributed by atoms with Gasteiger partial charge < -0.3 is 14.5 Å². The van der Waals surface area contributed by atoms with Crippen molar-refractivity contribution in [3.8, 4) is 0 Å². The lowest BCUT2D eigenvalue weighted by Gasteiger charge is -2.12. The van der Waals surface area contributed by atoms with Crippen LogP contribution in [0.1, 0.15) is 16.1 Å². The number of furan rings is 1. The van der Waals surface area contributed by atoms with E-state index in [-0.39, 0.29) is 0 Å². The van der Waals surface area contributed by atoms with Crippen molar-refractivity contribution in [3.63, 3.8) is 0 Å². The Hall–Kier alpha value is -0.790. The van der Waals surface area contributed by atoms with Crippen molar-refractivity contribution >= 4 is 59.4 Å². The van der Waals surface area contributed by atoms with Crippen LogP contribution in [0.3, 0.4) is 0 Å². The zero-order valence-electron chi connectivity index (χ0n) is 10.4. The SMILES string of the molecule is COC(=O)c1cc(Br)cc(Br)c1NCc1ccc(Br)o1. The number of halogens is 3. The minimum atomic E-state index is -0.407. The summed E-state index contributed by atoms with van der Waals surface area (Å²) in [5.74, 6) is 0.345. The molecule has 1 aromatic heterocycles. The number of carbonyl (C=O) groups excluding carboxylic acids is 1. The Morgan fingerprint density at radius 1 is 1.30 bits per heavy atom. The number of nitrogens with one attached hydrogen (secondary N) is 1. The van der Waals surface area contributed by atoms with Gasteiger partial charge in [0, 0.05) is 8.95 Å². The molecule has 1 heterocycles. The third kappa shape index (κ3) is 3.65. The van der Waals surface area contributed by atoms with Crippen LogP contribution in [-0.4, -0.2) is 13.1 Å². The molecule has 106 valence electrons. The van der Waals surface area contributed by atoms with Gasteiger partial charge in [-0.25, -0.2) is 4.79 Å². The van der Waals surface area contributed by atoms with E-state index in [0.717, 1.165) is 14.7 Å². The van der Waals surface area contributed by atoms with E-state index in [1.165, 1.54) is 7.11 Å². The van der Waals surface area contributed by atoms with Gasteiger partial charge in [-0.2, -0.15) is 0 Å². The van der Waals surface area contributed by atoms with E-state index in [0.29, 0.717) is 22.5 Å². The van der Waals surface area contributed by atoms with E-state index in [4.69, 9.17) is 9.15 Å². The van der Waals surface area contributed by atoms with E-state index >= 15 is 0 Å². The Labute approximate surface area is 141 Å². The molecule has 0 atom stereocenters. The van der Waals surface area contributed by atoms with Gasteiger partial charge in [-0.3, -0.25) is 0 Å². The fourth-order valence-electron chi connectivity index (χ4n) is 1.65. The summed E-state index contributed by atoms with van der Waals surface area (Å²) >= 11 is 10.0. The molecule has 0 radical (unpaired) electrons. The van der Waals surface area contributed by atoms with Gasteiger partial charge in [0.15, 0.2) is 4.67 Å². The quantitative estimate of drug-likeness (QED) is 0.645. The fraction of sp³-hybridized carbons (Fsp3) is 0.154. The molecule has 0 spiro atoms. The highest BCUT2D eigenvalue weighted by atomic mass is 79.9. The van der Waals surface area contributed by atoms with Crippen LogP contribution >= 0.6 is 47.8 Å². The standard InChI is InChI=1S/C13H10Br3NO3/c1-19-13(18)9-4-7(14)5-10(15)12(9)17-6-8-2-3-11(16)20-8/h2-5,17H,6H2,1H3. The third-order valence-electron chi connectivity index (χ3n) is 2.53. The van der Waals surface area contributed by atoms with E-state index in [2.05, 4.69) is 53.1 Å². The van der Waals surface area contributed by atoms with Crippen molar-refractivity contribution in [3.05, 3.63) is 49.2 Å². The molecule has 0 saturated carbocycles. The van der Waals surface area contributed by atoms with Crippen molar-refractivity contribution in [2.24, 2.45) is 0 Å². The number of hydrogen-bond donors (Lipinski definition) is 1. The topological polar surface area (TPSA) is 51.5 Å². The molecule has 0 aliphatic rings. The Morgan fingerprint density at radius 2 is 2.05 bits per heavy atom. The van der Waals surface area contributed by atoms with Gasteiger partial charge in [-0.05, 0) is 56.1 Å². The number of anilines is 1. The van der Waals surface area contributed by atoms with E-state index in [1.807, 2.05) is 18.2 Å². The van der Waals surface area contributed by atoms with Crippen molar-refractivity contribution < 1.29 is 13.9 Å². The highest BCUT2D eigenvalue weighted by molar-refractivity contribution is 9.11. The minimum absolute atomic E-state index is 0.407. The van der Waals surface area contributed by atoms with Gasteiger partial charge in [-0.15, -0.1) is 0 Å². The summed E-state index contributed by atoms with van der Waals surface area (Å²) in [6.07, 6.45) is 0. The van der Waals surface area contributed by atoms with Crippen LogP contribution in [0, 0.1) is 0 Å². The summed E-state index contributed by atoms with van der Waals surface area (Å²) in [7, 11) is 1.35. The number of rotatable bonds is 4. The number of ether oxygens (including phenoxy) is 1. The Kier molecular flexibility index (Phi) is 5.29. The Bertz CT molecular complexity index is 640. The first-order valence-electron chi connectivity index (χ1n) is 5.56. The molecule has 0 unspecified atom stereocenters. The van der Waals surface area contributed by atoms with Crippen LogP contribution in [0.2, 0.25) is 0 Å². The lowest BCUT2D eigenvalue weighted by atomic mass is 10.2. The molecule has 7 heteroatoms. The lowest BCUT2D eigenvalue weighted by Crippen LogP contribution is -2.09. The van der Waals surface area contributed by atoms with Crippen molar-refractivity contribution in [2.75, 3.05) is 12.4 Å². The van der Waals surface area contributed by atoms with Gasteiger partial charge in [0.05, 0.1) is 24.9 Å². The van der Waals surface area contributed by atoms with Gasteiger partial charge >= 0.3 is 5.97 Å². The predicted molar refractivity (Wildman–Crippen MR) is 86.9 cm³/mol. The number of benzene rings is 1. The average Bonchev–Trinajstić information content (AvgIpc) is 2.81. The zero-order chi connectivity index (χ0) is 14.7. The van der Waals surface area contributed by atoms with Crippen molar-refractivity contribution in [1.82, 2.24) is 0 Å². The summed E-state index contributed by atoms with van der Waals surface area (Å²) in [5.41, 5.74) is 1.10.